The predicted octanol–water partition coefficient (Wildman–Crippen LogP) is 2.06. The molecule has 4 heteroatoms. The number of nitrogens with zero attached hydrogens (tertiary/aromatic N) is 3. The summed E-state index contributed by atoms with van der Waals surface area (Å²) in [5.41, 5.74) is 2.07. The molecule has 18 heavy (non-hydrogen) atoms. The lowest BCUT2D eigenvalue weighted by molar-refractivity contribution is 0.0967. The molecule has 0 aliphatic heterocycles. The van der Waals surface area contributed by atoms with Crippen molar-refractivity contribution in [3.8, 4) is 0 Å². The molecule has 0 spiro atoms. The summed E-state index contributed by atoms with van der Waals surface area (Å²) in [4.78, 5) is 11.9. The molecule has 0 unspecified atom stereocenters. The van der Waals surface area contributed by atoms with Gasteiger partial charge in [0.2, 0.25) is 0 Å². The molecule has 1 aliphatic carbocycles. The molecule has 0 N–H and O–H groups in total. The van der Waals surface area contributed by atoms with Crippen LogP contribution in [0.2, 0.25) is 0 Å². The molecule has 0 radical (unpaired) electrons. The van der Waals surface area contributed by atoms with E-state index in [0.29, 0.717) is 11.7 Å². The van der Waals surface area contributed by atoms with E-state index in [0.717, 1.165) is 31.4 Å². The minimum atomic E-state index is 0.304. The highest BCUT2D eigenvalue weighted by Gasteiger charge is 2.30. The molecule has 2 aromatic heterocycles. The number of hydrogen-bond acceptors (Lipinski definition) is 2. The molecule has 0 atom stereocenters. The Morgan fingerprint density at radius 3 is 2.94 bits per heavy atom. The van der Waals surface area contributed by atoms with E-state index in [1.54, 1.807) is 0 Å². The van der Waals surface area contributed by atoms with Gasteiger partial charge in [0.25, 0.3) is 0 Å². The molecule has 1 fully saturated rings. The summed E-state index contributed by atoms with van der Waals surface area (Å²) in [7, 11) is 1.95. The van der Waals surface area contributed by atoms with Gasteiger partial charge in [-0.2, -0.15) is 5.10 Å². The fourth-order valence-corrected chi connectivity index (χ4v) is 2.20. The van der Waals surface area contributed by atoms with Gasteiger partial charge in [0.15, 0.2) is 5.78 Å². The molecule has 4 nitrogen and oxygen atoms in total. The van der Waals surface area contributed by atoms with Crippen LogP contribution in [0.5, 0.6) is 0 Å². The third-order valence-electron chi connectivity index (χ3n) is 3.53. The Morgan fingerprint density at radius 2 is 2.28 bits per heavy atom. The second-order valence-electron chi connectivity index (χ2n) is 4.97. The largest absolute Gasteiger partial charge is 0.353 e. The summed E-state index contributed by atoms with van der Waals surface area (Å²) < 4.78 is 3.97. The summed E-state index contributed by atoms with van der Waals surface area (Å²) in [6.07, 6.45) is 8.84. The number of aromatic nitrogens is 3. The van der Waals surface area contributed by atoms with Crippen LogP contribution in [0.25, 0.3) is 0 Å². The van der Waals surface area contributed by atoms with E-state index in [9.17, 15) is 4.79 Å². The molecule has 1 aliphatic rings. The van der Waals surface area contributed by atoms with Crippen molar-refractivity contribution in [3.63, 3.8) is 0 Å². The predicted molar refractivity (Wildman–Crippen MR) is 68.4 cm³/mol. The molecule has 2 heterocycles. The molecule has 94 valence electrons. The van der Waals surface area contributed by atoms with Gasteiger partial charge >= 0.3 is 0 Å². The highest BCUT2D eigenvalue weighted by atomic mass is 16.1. The molecule has 0 bridgehead atoms. The van der Waals surface area contributed by atoms with Crippen LogP contribution in [0.15, 0.2) is 30.7 Å². The monoisotopic (exact) mass is 243 g/mol. The molecule has 2 aromatic rings. The van der Waals surface area contributed by atoms with Gasteiger partial charge in [-0.3, -0.25) is 9.48 Å². The molecular weight excluding hydrogens is 226 g/mol. The van der Waals surface area contributed by atoms with Crippen LogP contribution in [0.3, 0.4) is 0 Å². The molecular formula is C14H17N3O. The van der Waals surface area contributed by atoms with Crippen molar-refractivity contribution in [2.24, 2.45) is 13.0 Å². The fraction of sp³-hybridized carbons (Fsp3) is 0.429. The number of Topliss-reactive ketones (excluding diaryl/α,β-unsaturated/α-hetero) is 1. The first kappa shape index (κ1) is 11.3. The Bertz CT molecular complexity index is 563. The number of aryl methyl sites for hydroxylation is 3. The number of carbonyl (C=O) groups is 1. The molecule has 1 saturated carbocycles. The van der Waals surface area contributed by atoms with E-state index in [4.69, 9.17) is 0 Å². The van der Waals surface area contributed by atoms with E-state index in [1.807, 2.05) is 42.5 Å². The van der Waals surface area contributed by atoms with Crippen molar-refractivity contribution in [3.05, 3.63) is 42.0 Å². The molecule has 0 saturated heterocycles. The summed E-state index contributed by atoms with van der Waals surface area (Å²) in [5, 5.41) is 4.15. The Hall–Kier alpha value is -1.84. The van der Waals surface area contributed by atoms with Crippen LogP contribution in [0.1, 0.15) is 28.9 Å². The Kier molecular flexibility index (Phi) is 2.78. The molecule has 0 aromatic carbocycles. The zero-order valence-corrected chi connectivity index (χ0v) is 10.5. The van der Waals surface area contributed by atoms with Crippen molar-refractivity contribution < 1.29 is 4.79 Å². The van der Waals surface area contributed by atoms with Gasteiger partial charge in [0, 0.05) is 55.8 Å². The average molecular weight is 243 g/mol. The smallest absolute Gasteiger partial charge is 0.167 e. The van der Waals surface area contributed by atoms with Crippen molar-refractivity contribution in [1.29, 1.82) is 0 Å². The maximum Gasteiger partial charge on any atom is 0.167 e. The number of rotatable bonds is 5. The standard InChI is InChI=1S/C14H17N3O/c1-16-13(4-7-15-16)6-9-17-8-5-12(10-17)14(18)11-2-3-11/h4-5,7-8,10-11H,2-3,6,9H2,1H3. The first-order valence-electron chi connectivity index (χ1n) is 6.41. The van der Waals surface area contributed by atoms with E-state index < -0.39 is 0 Å². The van der Waals surface area contributed by atoms with Crippen LogP contribution < -0.4 is 0 Å². The van der Waals surface area contributed by atoms with Crippen LogP contribution in [-0.2, 0) is 20.0 Å². The number of carbonyl (C=O) groups excluding carboxylic acids is 1. The van der Waals surface area contributed by atoms with Gasteiger partial charge < -0.3 is 4.57 Å². The van der Waals surface area contributed by atoms with Gasteiger partial charge in [-0.25, -0.2) is 0 Å². The van der Waals surface area contributed by atoms with Crippen LogP contribution in [-0.4, -0.2) is 20.1 Å². The summed E-state index contributed by atoms with van der Waals surface area (Å²) in [5.74, 6) is 0.618. The summed E-state index contributed by atoms with van der Waals surface area (Å²) in [6.45, 7) is 0.886. The van der Waals surface area contributed by atoms with Gasteiger partial charge in [0.05, 0.1) is 0 Å². The van der Waals surface area contributed by atoms with Crippen molar-refractivity contribution >= 4 is 5.78 Å². The first-order chi connectivity index (χ1) is 8.74. The maximum atomic E-state index is 11.9. The second kappa shape index (κ2) is 4.44. The highest BCUT2D eigenvalue weighted by Crippen LogP contribution is 2.32. The minimum absolute atomic E-state index is 0.304. The second-order valence-corrected chi connectivity index (χ2v) is 4.97. The normalized spacial score (nSPS) is 14.9. The lowest BCUT2D eigenvalue weighted by Crippen LogP contribution is -2.04. The minimum Gasteiger partial charge on any atom is -0.353 e. The van der Waals surface area contributed by atoms with Crippen LogP contribution in [0, 0.1) is 5.92 Å². The Balaban J connectivity index is 1.63. The van der Waals surface area contributed by atoms with Crippen molar-refractivity contribution in [1.82, 2.24) is 14.3 Å². The third-order valence-corrected chi connectivity index (χ3v) is 3.53. The summed E-state index contributed by atoms with van der Waals surface area (Å²) >= 11 is 0. The zero-order valence-electron chi connectivity index (χ0n) is 10.5. The van der Waals surface area contributed by atoms with E-state index in [-0.39, 0.29) is 0 Å². The number of hydrogen-bond donors (Lipinski definition) is 0. The van der Waals surface area contributed by atoms with Crippen molar-refractivity contribution in [2.75, 3.05) is 0 Å². The van der Waals surface area contributed by atoms with E-state index in [1.165, 1.54) is 5.69 Å². The average Bonchev–Trinajstić information content (AvgIpc) is 2.97. The SMILES string of the molecule is Cn1nccc1CCn1ccc(C(=O)C2CC2)c1. The van der Waals surface area contributed by atoms with Crippen LogP contribution in [0.4, 0.5) is 0 Å². The highest BCUT2D eigenvalue weighted by molar-refractivity contribution is 5.99. The van der Waals surface area contributed by atoms with E-state index in [2.05, 4.69) is 9.67 Å². The van der Waals surface area contributed by atoms with Crippen molar-refractivity contribution in [2.45, 2.75) is 25.8 Å². The first-order valence-corrected chi connectivity index (χ1v) is 6.41. The number of ketones is 1. The van der Waals surface area contributed by atoms with Gasteiger partial charge in [-0.15, -0.1) is 0 Å². The topological polar surface area (TPSA) is 39.8 Å². The lowest BCUT2D eigenvalue weighted by atomic mass is 10.1. The zero-order chi connectivity index (χ0) is 12.5. The van der Waals surface area contributed by atoms with Gasteiger partial charge in [0.1, 0.15) is 0 Å². The third kappa shape index (κ3) is 2.23. The van der Waals surface area contributed by atoms with E-state index >= 15 is 0 Å². The fourth-order valence-electron chi connectivity index (χ4n) is 2.20. The lowest BCUT2D eigenvalue weighted by Gasteiger charge is -2.03. The Labute approximate surface area is 106 Å². The van der Waals surface area contributed by atoms with Gasteiger partial charge in [-0.1, -0.05) is 0 Å². The molecule has 3 rings (SSSR count). The van der Waals surface area contributed by atoms with Gasteiger partial charge in [-0.05, 0) is 25.0 Å². The van der Waals surface area contributed by atoms with Crippen LogP contribution >= 0.6 is 0 Å². The maximum absolute atomic E-state index is 11.9. The summed E-state index contributed by atoms with van der Waals surface area (Å²) in [6, 6.07) is 3.96. The molecule has 0 amide bonds. The quantitative estimate of drug-likeness (QED) is 0.754. The Morgan fingerprint density at radius 1 is 1.44 bits per heavy atom.